The van der Waals surface area contributed by atoms with Gasteiger partial charge in [-0.05, 0) is 24.0 Å². The number of anilines is 1. The minimum Gasteiger partial charge on any atom is -0.384 e. The molecule has 96 valence electrons. The van der Waals surface area contributed by atoms with Gasteiger partial charge in [0.05, 0.1) is 5.56 Å². The topological polar surface area (TPSA) is 12.0 Å². The van der Waals surface area contributed by atoms with E-state index >= 15 is 0 Å². The Kier molecular flexibility index (Phi) is 4.07. The molecule has 0 saturated carbocycles. The SMILES string of the molecule is CCC(C)(C)CNc1ccccc1C(F)(F)F. The zero-order chi connectivity index (χ0) is 13.1. The molecule has 0 aliphatic carbocycles. The maximum absolute atomic E-state index is 12.7. The van der Waals surface area contributed by atoms with Crippen LogP contribution in [0.15, 0.2) is 24.3 Å². The maximum Gasteiger partial charge on any atom is 0.418 e. The molecule has 0 radical (unpaired) electrons. The summed E-state index contributed by atoms with van der Waals surface area (Å²) in [6.07, 6.45) is -3.39. The van der Waals surface area contributed by atoms with Crippen molar-refractivity contribution in [3.8, 4) is 0 Å². The van der Waals surface area contributed by atoms with E-state index in [9.17, 15) is 13.2 Å². The average Bonchev–Trinajstić information content (AvgIpc) is 2.26. The highest BCUT2D eigenvalue weighted by atomic mass is 19.4. The normalized spacial score (nSPS) is 12.6. The summed E-state index contributed by atoms with van der Waals surface area (Å²) in [5.41, 5.74) is -0.466. The molecule has 1 nitrogen and oxygen atoms in total. The number of para-hydroxylation sites is 1. The Hall–Kier alpha value is -1.19. The molecule has 4 heteroatoms. The van der Waals surface area contributed by atoms with E-state index < -0.39 is 11.7 Å². The van der Waals surface area contributed by atoms with Crippen molar-refractivity contribution in [2.24, 2.45) is 5.41 Å². The van der Waals surface area contributed by atoms with Gasteiger partial charge in [0.1, 0.15) is 0 Å². The van der Waals surface area contributed by atoms with Gasteiger partial charge in [0.15, 0.2) is 0 Å². The summed E-state index contributed by atoms with van der Waals surface area (Å²) in [4.78, 5) is 0. The van der Waals surface area contributed by atoms with E-state index in [1.54, 1.807) is 6.07 Å². The van der Waals surface area contributed by atoms with E-state index in [1.165, 1.54) is 12.1 Å². The minimum atomic E-state index is -4.31. The highest BCUT2D eigenvalue weighted by molar-refractivity contribution is 5.52. The molecule has 1 aromatic rings. The number of alkyl halides is 3. The van der Waals surface area contributed by atoms with Crippen LogP contribution >= 0.6 is 0 Å². The Morgan fingerprint density at radius 1 is 1.12 bits per heavy atom. The molecule has 0 aromatic heterocycles. The number of rotatable bonds is 4. The van der Waals surface area contributed by atoms with Crippen molar-refractivity contribution in [2.75, 3.05) is 11.9 Å². The first-order valence-corrected chi connectivity index (χ1v) is 5.66. The minimum absolute atomic E-state index is 0.0152. The molecule has 1 rings (SSSR count). The van der Waals surface area contributed by atoms with Crippen LogP contribution in [0, 0.1) is 5.41 Å². The zero-order valence-electron chi connectivity index (χ0n) is 10.4. The fourth-order valence-electron chi connectivity index (χ4n) is 1.34. The Morgan fingerprint density at radius 2 is 1.71 bits per heavy atom. The lowest BCUT2D eigenvalue weighted by Gasteiger charge is -2.24. The zero-order valence-corrected chi connectivity index (χ0v) is 10.4. The first-order valence-electron chi connectivity index (χ1n) is 5.66. The van der Waals surface area contributed by atoms with Gasteiger partial charge in [0.2, 0.25) is 0 Å². The van der Waals surface area contributed by atoms with Gasteiger partial charge in [-0.1, -0.05) is 32.9 Å². The highest BCUT2D eigenvalue weighted by Gasteiger charge is 2.33. The Labute approximate surface area is 100 Å². The third kappa shape index (κ3) is 3.95. The van der Waals surface area contributed by atoms with E-state index in [-0.39, 0.29) is 11.1 Å². The Balaban J connectivity index is 2.85. The van der Waals surface area contributed by atoms with Crippen LogP contribution in [0.3, 0.4) is 0 Å². The largest absolute Gasteiger partial charge is 0.418 e. The average molecular weight is 245 g/mol. The van der Waals surface area contributed by atoms with E-state index in [2.05, 4.69) is 5.32 Å². The van der Waals surface area contributed by atoms with Crippen molar-refractivity contribution in [3.63, 3.8) is 0 Å². The number of nitrogens with one attached hydrogen (secondary N) is 1. The fraction of sp³-hybridized carbons (Fsp3) is 0.538. The predicted molar refractivity (Wildman–Crippen MR) is 64.0 cm³/mol. The summed E-state index contributed by atoms with van der Waals surface area (Å²) in [6, 6.07) is 5.57. The number of benzene rings is 1. The summed E-state index contributed by atoms with van der Waals surface area (Å²) >= 11 is 0. The molecular formula is C13H18F3N. The van der Waals surface area contributed by atoms with Crippen molar-refractivity contribution < 1.29 is 13.2 Å². The molecule has 0 heterocycles. The van der Waals surface area contributed by atoms with Gasteiger partial charge in [-0.25, -0.2) is 0 Å². The van der Waals surface area contributed by atoms with Gasteiger partial charge >= 0.3 is 6.18 Å². The van der Waals surface area contributed by atoms with Crippen molar-refractivity contribution >= 4 is 5.69 Å². The van der Waals surface area contributed by atoms with Gasteiger partial charge in [-0.15, -0.1) is 0 Å². The summed E-state index contributed by atoms with van der Waals surface area (Å²) in [6.45, 7) is 6.60. The van der Waals surface area contributed by atoms with Crippen molar-refractivity contribution in [1.82, 2.24) is 0 Å². The summed E-state index contributed by atoms with van der Waals surface area (Å²) in [5.74, 6) is 0. The fourth-order valence-corrected chi connectivity index (χ4v) is 1.34. The van der Waals surface area contributed by atoms with Gasteiger partial charge < -0.3 is 5.32 Å². The first kappa shape index (κ1) is 13.9. The van der Waals surface area contributed by atoms with Gasteiger partial charge in [0.25, 0.3) is 0 Å². The molecule has 0 aliphatic heterocycles. The lowest BCUT2D eigenvalue weighted by molar-refractivity contribution is -0.137. The third-order valence-electron chi connectivity index (χ3n) is 2.95. The lowest BCUT2D eigenvalue weighted by Crippen LogP contribution is -2.23. The molecule has 0 amide bonds. The number of halogens is 3. The quantitative estimate of drug-likeness (QED) is 0.820. The molecule has 0 spiro atoms. The predicted octanol–water partition coefficient (Wildman–Crippen LogP) is 4.55. The van der Waals surface area contributed by atoms with Crippen molar-refractivity contribution in [1.29, 1.82) is 0 Å². The van der Waals surface area contributed by atoms with Crippen LogP contribution in [0.5, 0.6) is 0 Å². The first-order chi connectivity index (χ1) is 7.76. The molecule has 0 aliphatic rings. The molecule has 0 bridgehead atoms. The van der Waals surface area contributed by atoms with Crippen LogP contribution in [0.1, 0.15) is 32.8 Å². The lowest BCUT2D eigenvalue weighted by atomic mass is 9.90. The maximum atomic E-state index is 12.7. The molecule has 0 saturated heterocycles. The van der Waals surface area contributed by atoms with E-state index in [1.807, 2.05) is 20.8 Å². The molecule has 17 heavy (non-hydrogen) atoms. The van der Waals surface area contributed by atoms with Crippen LogP contribution in [0.4, 0.5) is 18.9 Å². The van der Waals surface area contributed by atoms with Crippen LogP contribution in [-0.2, 0) is 6.18 Å². The van der Waals surface area contributed by atoms with Gasteiger partial charge in [-0.2, -0.15) is 13.2 Å². The Bertz CT molecular complexity index is 369. The van der Waals surface area contributed by atoms with E-state index in [0.29, 0.717) is 6.54 Å². The smallest absolute Gasteiger partial charge is 0.384 e. The third-order valence-corrected chi connectivity index (χ3v) is 2.95. The second-order valence-electron chi connectivity index (χ2n) is 4.91. The molecule has 0 atom stereocenters. The number of hydrogen-bond acceptors (Lipinski definition) is 1. The standard InChI is InChI=1S/C13H18F3N/c1-4-12(2,3)9-17-11-8-6-5-7-10(11)13(14,15)16/h5-8,17H,4,9H2,1-3H3. The molecule has 0 unspecified atom stereocenters. The second kappa shape index (κ2) is 4.98. The van der Waals surface area contributed by atoms with Crippen LogP contribution in [0.25, 0.3) is 0 Å². The van der Waals surface area contributed by atoms with E-state index in [0.717, 1.165) is 12.5 Å². The number of hydrogen-bond donors (Lipinski definition) is 1. The van der Waals surface area contributed by atoms with Crippen molar-refractivity contribution in [3.05, 3.63) is 29.8 Å². The Morgan fingerprint density at radius 3 is 2.24 bits per heavy atom. The highest BCUT2D eigenvalue weighted by Crippen LogP contribution is 2.35. The van der Waals surface area contributed by atoms with Crippen LogP contribution < -0.4 is 5.32 Å². The van der Waals surface area contributed by atoms with Crippen LogP contribution in [-0.4, -0.2) is 6.54 Å². The molecule has 1 aromatic carbocycles. The van der Waals surface area contributed by atoms with Crippen molar-refractivity contribution in [2.45, 2.75) is 33.4 Å². The van der Waals surface area contributed by atoms with Gasteiger partial charge in [0, 0.05) is 12.2 Å². The van der Waals surface area contributed by atoms with Gasteiger partial charge in [-0.3, -0.25) is 0 Å². The van der Waals surface area contributed by atoms with E-state index in [4.69, 9.17) is 0 Å². The summed E-state index contributed by atoms with van der Waals surface area (Å²) < 4.78 is 38.1. The molecule has 0 fully saturated rings. The summed E-state index contributed by atoms with van der Waals surface area (Å²) in [5, 5.41) is 2.89. The molecule has 1 N–H and O–H groups in total. The monoisotopic (exact) mass is 245 g/mol. The summed E-state index contributed by atoms with van der Waals surface area (Å²) in [7, 11) is 0. The van der Waals surface area contributed by atoms with Crippen LogP contribution in [0.2, 0.25) is 0 Å². The second-order valence-corrected chi connectivity index (χ2v) is 4.91. The molecular weight excluding hydrogens is 227 g/mol.